The fourth-order valence-corrected chi connectivity index (χ4v) is 1.17. The fourth-order valence-electron chi connectivity index (χ4n) is 1.17. The van der Waals surface area contributed by atoms with Crippen molar-refractivity contribution in [2.45, 2.75) is 6.42 Å². The molecule has 3 N–H and O–H groups in total. The van der Waals surface area contributed by atoms with E-state index in [1.165, 1.54) is 7.05 Å². The van der Waals surface area contributed by atoms with E-state index in [0.717, 1.165) is 0 Å². The van der Waals surface area contributed by atoms with Crippen molar-refractivity contribution in [2.24, 2.45) is 0 Å². The molecule has 0 spiro atoms. The van der Waals surface area contributed by atoms with Gasteiger partial charge in [0.05, 0.1) is 12.1 Å². The number of nitrogens with one attached hydrogen (secondary N) is 1. The number of carbonyl (C=O) groups is 2. The van der Waals surface area contributed by atoms with Gasteiger partial charge in [-0.3, -0.25) is 4.79 Å². The van der Waals surface area contributed by atoms with E-state index >= 15 is 0 Å². The second-order valence-corrected chi connectivity index (χ2v) is 3.47. The quantitative estimate of drug-likeness (QED) is 0.562. The Hall–Kier alpha value is -2.24. The molecule has 0 radical (unpaired) electrons. The maximum atomic E-state index is 11.3. The molecule has 0 aliphatic rings. The van der Waals surface area contributed by atoms with Gasteiger partial charge in [-0.2, -0.15) is 0 Å². The van der Waals surface area contributed by atoms with Crippen LogP contribution in [0.3, 0.4) is 0 Å². The normalized spacial score (nSPS) is 9.61. The third kappa shape index (κ3) is 4.73. The van der Waals surface area contributed by atoms with Crippen LogP contribution in [-0.4, -0.2) is 32.1 Å². The lowest BCUT2D eigenvalue weighted by Crippen LogP contribution is -2.22. The maximum absolute atomic E-state index is 11.3. The van der Waals surface area contributed by atoms with E-state index in [-0.39, 0.29) is 25.5 Å². The molecule has 0 saturated heterocycles. The third-order valence-corrected chi connectivity index (χ3v) is 2.14. The van der Waals surface area contributed by atoms with E-state index in [0.29, 0.717) is 11.4 Å². The van der Waals surface area contributed by atoms with Gasteiger partial charge in [-0.05, 0) is 12.1 Å². The highest BCUT2D eigenvalue weighted by Crippen LogP contribution is 2.19. The van der Waals surface area contributed by atoms with E-state index < -0.39 is 5.97 Å². The molecule has 0 aliphatic heterocycles. The molecule has 1 amide bonds. The number of amides is 1. The fraction of sp³-hybridized carbons (Fsp3) is 0.333. The summed E-state index contributed by atoms with van der Waals surface area (Å²) in [6.45, 7) is -0.200. The van der Waals surface area contributed by atoms with Gasteiger partial charge >= 0.3 is 5.97 Å². The molecule has 0 aromatic heterocycles. The number of nitrogen functional groups attached to an aromatic ring is 1. The van der Waals surface area contributed by atoms with Crippen molar-refractivity contribution in [3.05, 3.63) is 24.3 Å². The second-order valence-electron chi connectivity index (χ2n) is 3.47. The summed E-state index contributed by atoms with van der Waals surface area (Å²) >= 11 is 0. The zero-order valence-corrected chi connectivity index (χ0v) is 10.1. The Bertz CT molecular complexity index is 420. The van der Waals surface area contributed by atoms with Gasteiger partial charge < -0.3 is 20.5 Å². The van der Waals surface area contributed by atoms with Gasteiger partial charge in [0.25, 0.3) is 0 Å². The minimum Gasteiger partial charge on any atom is -0.480 e. The SMILES string of the molecule is CNC(=O)CCOC(=O)COc1ccccc1N. The zero-order valence-electron chi connectivity index (χ0n) is 10.1. The summed E-state index contributed by atoms with van der Waals surface area (Å²) in [6.07, 6.45) is 0.135. The van der Waals surface area contributed by atoms with Gasteiger partial charge in [0.15, 0.2) is 6.61 Å². The van der Waals surface area contributed by atoms with Crippen LogP contribution < -0.4 is 15.8 Å². The van der Waals surface area contributed by atoms with Crippen LogP contribution >= 0.6 is 0 Å². The summed E-state index contributed by atoms with van der Waals surface area (Å²) in [7, 11) is 1.52. The summed E-state index contributed by atoms with van der Waals surface area (Å²) in [5.74, 6) is -0.293. The Kier molecular flexibility index (Phi) is 5.50. The van der Waals surface area contributed by atoms with Crippen molar-refractivity contribution in [3.63, 3.8) is 0 Å². The van der Waals surface area contributed by atoms with E-state index in [1.54, 1.807) is 24.3 Å². The molecule has 0 bridgehead atoms. The molecule has 6 nitrogen and oxygen atoms in total. The monoisotopic (exact) mass is 252 g/mol. The number of benzene rings is 1. The molecule has 0 atom stereocenters. The Morgan fingerprint density at radius 3 is 2.72 bits per heavy atom. The van der Waals surface area contributed by atoms with E-state index in [4.69, 9.17) is 15.2 Å². The van der Waals surface area contributed by atoms with E-state index in [1.807, 2.05) is 0 Å². The lowest BCUT2D eigenvalue weighted by atomic mass is 10.3. The van der Waals surface area contributed by atoms with Gasteiger partial charge in [0.1, 0.15) is 12.4 Å². The molecule has 0 unspecified atom stereocenters. The van der Waals surface area contributed by atoms with Crippen LogP contribution in [-0.2, 0) is 14.3 Å². The first-order valence-corrected chi connectivity index (χ1v) is 5.47. The average Bonchev–Trinajstić information content (AvgIpc) is 2.37. The van der Waals surface area contributed by atoms with E-state index in [9.17, 15) is 9.59 Å². The molecule has 18 heavy (non-hydrogen) atoms. The molecular weight excluding hydrogens is 236 g/mol. The van der Waals surface area contributed by atoms with Crippen molar-refractivity contribution in [1.29, 1.82) is 0 Å². The number of para-hydroxylation sites is 2. The predicted molar refractivity (Wildman–Crippen MR) is 66.0 cm³/mol. The van der Waals surface area contributed by atoms with Gasteiger partial charge in [0.2, 0.25) is 5.91 Å². The number of esters is 1. The molecule has 1 aromatic rings. The molecule has 0 heterocycles. The van der Waals surface area contributed by atoms with Crippen LogP contribution in [0.25, 0.3) is 0 Å². The Morgan fingerprint density at radius 1 is 1.33 bits per heavy atom. The first-order chi connectivity index (χ1) is 8.63. The number of carbonyl (C=O) groups excluding carboxylic acids is 2. The van der Waals surface area contributed by atoms with Crippen molar-refractivity contribution in [1.82, 2.24) is 5.32 Å². The highest BCUT2D eigenvalue weighted by molar-refractivity contribution is 5.76. The number of anilines is 1. The molecule has 1 aromatic carbocycles. The summed E-state index contributed by atoms with van der Waals surface area (Å²) in [5.41, 5.74) is 6.09. The Balaban J connectivity index is 2.25. The van der Waals surface area contributed by atoms with Crippen molar-refractivity contribution in [3.8, 4) is 5.75 Å². The smallest absolute Gasteiger partial charge is 0.344 e. The van der Waals surface area contributed by atoms with Crippen LogP contribution in [0.4, 0.5) is 5.69 Å². The molecule has 0 aliphatic carbocycles. The van der Waals surface area contributed by atoms with Crippen LogP contribution in [0, 0.1) is 0 Å². The van der Waals surface area contributed by atoms with Gasteiger partial charge in [-0.25, -0.2) is 4.79 Å². The number of hydrogen-bond acceptors (Lipinski definition) is 5. The summed E-state index contributed by atoms with van der Waals surface area (Å²) in [5, 5.41) is 2.43. The number of ether oxygens (including phenoxy) is 2. The molecule has 6 heteroatoms. The van der Waals surface area contributed by atoms with Crippen molar-refractivity contribution < 1.29 is 19.1 Å². The molecule has 98 valence electrons. The topological polar surface area (TPSA) is 90.6 Å². The van der Waals surface area contributed by atoms with Gasteiger partial charge in [0, 0.05) is 7.05 Å². The first-order valence-electron chi connectivity index (χ1n) is 5.47. The third-order valence-electron chi connectivity index (χ3n) is 2.14. The van der Waals surface area contributed by atoms with Gasteiger partial charge in [-0.15, -0.1) is 0 Å². The van der Waals surface area contributed by atoms with Gasteiger partial charge in [-0.1, -0.05) is 12.1 Å². The van der Waals surface area contributed by atoms with Crippen molar-refractivity contribution >= 4 is 17.6 Å². The lowest BCUT2D eigenvalue weighted by molar-refractivity contribution is -0.146. The van der Waals surface area contributed by atoms with Crippen LogP contribution in [0.5, 0.6) is 5.75 Å². The number of hydrogen-bond donors (Lipinski definition) is 2. The Morgan fingerprint density at radius 2 is 2.06 bits per heavy atom. The summed E-state index contributed by atoms with van der Waals surface area (Å²) in [6, 6.07) is 6.85. The maximum Gasteiger partial charge on any atom is 0.344 e. The summed E-state index contributed by atoms with van der Waals surface area (Å²) in [4.78, 5) is 22.1. The first kappa shape index (κ1) is 13.8. The van der Waals surface area contributed by atoms with Crippen molar-refractivity contribution in [2.75, 3.05) is 26.0 Å². The van der Waals surface area contributed by atoms with Crippen LogP contribution in [0.1, 0.15) is 6.42 Å². The van der Waals surface area contributed by atoms with Crippen LogP contribution in [0.2, 0.25) is 0 Å². The molecule has 0 saturated carbocycles. The zero-order chi connectivity index (χ0) is 13.4. The second kappa shape index (κ2) is 7.16. The molecule has 0 fully saturated rings. The Labute approximate surface area is 105 Å². The summed E-state index contributed by atoms with van der Waals surface area (Å²) < 4.78 is 9.99. The minimum atomic E-state index is -0.540. The van der Waals surface area contributed by atoms with E-state index in [2.05, 4.69) is 5.32 Å². The molecule has 1 rings (SSSR count). The largest absolute Gasteiger partial charge is 0.480 e. The molecular formula is C12H16N2O4. The highest BCUT2D eigenvalue weighted by atomic mass is 16.6. The number of nitrogens with two attached hydrogens (primary N) is 1. The minimum absolute atomic E-state index is 0.0339. The predicted octanol–water partition coefficient (Wildman–Crippen LogP) is 0.327. The highest BCUT2D eigenvalue weighted by Gasteiger charge is 2.07. The van der Waals surface area contributed by atoms with Crippen LogP contribution in [0.15, 0.2) is 24.3 Å². The average molecular weight is 252 g/mol. The lowest BCUT2D eigenvalue weighted by Gasteiger charge is -2.08. The number of rotatable bonds is 6. The standard InChI is InChI=1S/C12H16N2O4/c1-14-11(15)6-7-17-12(16)8-18-10-5-3-2-4-9(10)13/h2-5H,6-8,13H2,1H3,(H,14,15).